The summed E-state index contributed by atoms with van der Waals surface area (Å²) in [6.45, 7) is 5.86. The van der Waals surface area contributed by atoms with Gasteiger partial charge < -0.3 is 5.32 Å². The predicted octanol–water partition coefficient (Wildman–Crippen LogP) is 1.65. The number of rotatable bonds is 3. The first-order valence-corrected chi connectivity index (χ1v) is 7.80. The van der Waals surface area contributed by atoms with E-state index in [0.29, 0.717) is 24.5 Å². The molecule has 0 unspecified atom stereocenters. The van der Waals surface area contributed by atoms with Gasteiger partial charge in [-0.05, 0) is 31.0 Å². The molecule has 0 aromatic heterocycles. The fraction of sp³-hybridized carbons (Fsp3) is 0.538. The number of aryl methyl sites for hydroxylation is 1. The van der Waals surface area contributed by atoms with E-state index in [-0.39, 0.29) is 18.4 Å². The standard InChI is InChI=1S/C13H20N2O2S.ClH/c1-3-12-4-6-13(7-5-12)18(16,17)15-9-8-14-11(2)10-15;/h4-7,11,14H,3,8-10H2,1-2H3;1H/t11-;/m0./s1. The van der Waals surface area contributed by atoms with Gasteiger partial charge in [-0.2, -0.15) is 4.31 Å². The molecule has 1 N–H and O–H groups in total. The Hall–Kier alpha value is -0.620. The van der Waals surface area contributed by atoms with Crippen LogP contribution < -0.4 is 5.32 Å². The number of hydrogen-bond donors (Lipinski definition) is 1. The van der Waals surface area contributed by atoms with Gasteiger partial charge >= 0.3 is 0 Å². The van der Waals surface area contributed by atoms with Crippen molar-refractivity contribution in [3.05, 3.63) is 29.8 Å². The molecule has 1 saturated heterocycles. The molecule has 0 aliphatic carbocycles. The smallest absolute Gasteiger partial charge is 0.243 e. The zero-order chi connectivity index (χ0) is 13.2. The lowest BCUT2D eigenvalue weighted by atomic mass is 10.2. The molecule has 0 saturated carbocycles. The van der Waals surface area contributed by atoms with Crippen molar-refractivity contribution >= 4 is 22.4 Å². The van der Waals surface area contributed by atoms with Crippen molar-refractivity contribution in [2.75, 3.05) is 19.6 Å². The quantitative estimate of drug-likeness (QED) is 0.924. The van der Waals surface area contributed by atoms with E-state index in [1.165, 1.54) is 0 Å². The zero-order valence-electron chi connectivity index (χ0n) is 11.3. The molecule has 1 heterocycles. The second-order valence-electron chi connectivity index (χ2n) is 4.72. The molecule has 0 amide bonds. The van der Waals surface area contributed by atoms with Gasteiger partial charge in [-0.1, -0.05) is 19.1 Å². The van der Waals surface area contributed by atoms with Gasteiger partial charge in [-0.3, -0.25) is 0 Å². The lowest BCUT2D eigenvalue weighted by molar-refractivity contribution is 0.310. The summed E-state index contributed by atoms with van der Waals surface area (Å²) in [4.78, 5) is 0.397. The summed E-state index contributed by atoms with van der Waals surface area (Å²) in [6, 6.07) is 7.40. The largest absolute Gasteiger partial charge is 0.312 e. The SMILES string of the molecule is CCc1ccc(S(=O)(=O)N2CCN[C@@H](C)C2)cc1.Cl. The van der Waals surface area contributed by atoms with Crippen molar-refractivity contribution in [2.24, 2.45) is 0 Å². The molecule has 1 aromatic carbocycles. The topological polar surface area (TPSA) is 49.4 Å². The number of nitrogens with one attached hydrogen (secondary N) is 1. The molecule has 2 rings (SSSR count). The Balaban J connectivity index is 0.00000180. The monoisotopic (exact) mass is 304 g/mol. The van der Waals surface area contributed by atoms with Crippen LogP contribution >= 0.6 is 12.4 Å². The molecule has 108 valence electrons. The second-order valence-corrected chi connectivity index (χ2v) is 6.65. The van der Waals surface area contributed by atoms with Crippen LogP contribution in [0, 0.1) is 0 Å². The Morgan fingerprint density at radius 1 is 1.32 bits per heavy atom. The van der Waals surface area contributed by atoms with E-state index < -0.39 is 10.0 Å². The van der Waals surface area contributed by atoms with Crippen molar-refractivity contribution in [1.82, 2.24) is 9.62 Å². The van der Waals surface area contributed by atoms with Crippen LogP contribution in [-0.2, 0) is 16.4 Å². The molecule has 0 bridgehead atoms. The highest BCUT2D eigenvalue weighted by Crippen LogP contribution is 2.18. The molecular formula is C13H21ClN2O2S. The van der Waals surface area contributed by atoms with Gasteiger partial charge in [-0.25, -0.2) is 8.42 Å². The van der Waals surface area contributed by atoms with Crippen LogP contribution in [0.1, 0.15) is 19.4 Å². The van der Waals surface area contributed by atoms with Crippen LogP contribution in [0.2, 0.25) is 0 Å². The van der Waals surface area contributed by atoms with Gasteiger partial charge in [0.15, 0.2) is 0 Å². The maximum absolute atomic E-state index is 12.4. The minimum absolute atomic E-state index is 0. The molecule has 1 aliphatic rings. The van der Waals surface area contributed by atoms with E-state index in [1.54, 1.807) is 16.4 Å². The molecule has 1 aliphatic heterocycles. The Labute approximate surface area is 121 Å². The average Bonchev–Trinajstić information content (AvgIpc) is 2.39. The van der Waals surface area contributed by atoms with Crippen LogP contribution in [0.15, 0.2) is 29.2 Å². The van der Waals surface area contributed by atoms with Crippen LogP contribution in [0.5, 0.6) is 0 Å². The summed E-state index contributed by atoms with van der Waals surface area (Å²) in [5.41, 5.74) is 1.16. The highest BCUT2D eigenvalue weighted by atomic mass is 35.5. The highest BCUT2D eigenvalue weighted by Gasteiger charge is 2.28. The van der Waals surface area contributed by atoms with Gasteiger partial charge in [0, 0.05) is 25.7 Å². The van der Waals surface area contributed by atoms with Crippen LogP contribution in [0.25, 0.3) is 0 Å². The summed E-state index contributed by atoms with van der Waals surface area (Å²) in [5, 5.41) is 3.25. The van der Waals surface area contributed by atoms with Crippen LogP contribution in [-0.4, -0.2) is 38.4 Å². The van der Waals surface area contributed by atoms with Crippen LogP contribution in [0.4, 0.5) is 0 Å². The minimum atomic E-state index is -3.33. The Morgan fingerprint density at radius 3 is 2.47 bits per heavy atom. The molecule has 0 spiro atoms. The van der Waals surface area contributed by atoms with Gasteiger partial charge in [0.05, 0.1) is 4.90 Å². The van der Waals surface area contributed by atoms with Gasteiger partial charge in [0.1, 0.15) is 0 Å². The Kier molecular flexibility index (Phi) is 5.80. The fourth-order valence-corrected chi connectivity index (χ4v) is 3.69. The molecular weight excluding hydrogens is 284 g/mol. The summed E-state index contributed by atoms with van der Waals surface area (Å²) < 4.78 is 26.4. The van der Waals surface area contributed by atoms with Gasteiger partial charge in [0.25, 0.3) is 0 Å². The summed E-state index contributed by atoms with van der Waals surface area (Å²) in [5.74, 6) is 0. The zero-order valence-corrected chi connectivity index (χ0v) is 12.9. The minimum Gasteiger partial charge on any atom is -0.312 e. The number of nitrogens with zero attached hydrogens (tertiary/aromatic N) is 1. The number of piperazine rings is 1. The highest BCUT2D eigenvalue weighted by molar-refractivity contribution is 7.89. The predicted molar refractivity (Wildman–Crippen MR) is 79.3 cm³/mol. The first-order chi connectivity index (χ1) is 8.54. The molecule has 1 fully saturated rings. The molecule has 1 atom stereocenters. The van der Waals surface area contributed by atoms with Crippen molar-refractivity contribution < 1.29 is 8.42 Å². The maximum Gasteiger partial charge on any atom is 0.243 e. The molecule has 19 heavy (non-hydrogen) atoms. The summed E-state index contributed by atoms with van der Waals surface area (Å²) in [7, 11) is -3.33. The van der Waals surface area contributed by atoms with E-state index in [1.807, 2.05) is 19.1 Å². The molecule has 4 nitrogen and oxygen atoms in total. The number of hydrogen-bond acceptors (Lipinski definition) is 3. The molecule has 0 radical (unpaired) electrons. The number of sulfonamides is 1. The van der Waals surface area contributed by atoms with E-state index in [2.05, 4.69) is 12.2 Å². The first-order valence-electron chi connectivity index (χ1n) is 6.36. The van der Waals surface area contributed by atoms with E-state index in [9.17, 15) is 8.42 Å². The van der Waals surface area contributed by atoms with E-state index >= 15 is 0 Å². The number of benzene rings is 1. The normalized spacial score (nSPS) is 20.8. The average molecular weight is 305 g/mol. The van der Waals surface area contributed by atoms with Gasteiger partial charge in [0.2, 0.25) is 10.0 Å². The Bertz CT molecular complexity index is 502. The van der Waals surface area contributed by atoms with E-state index in [4.69, 9.17) is 0 Å². The summed E-state index contributed by atoms with van der Waals surface area (Å²) >= 11 is 0. The van der Waals surface area contributed by atoms with Crippen molar-refractivity contribution in [3.8, 4) is 0 Å². The molecule has 6 heteroatoms. The third-order valence-corrected chi connectivity index (χ3v) is 5.18. The van der Waals surface area contributed by atoms with Crippen molar-refractivity contribution in [2.45, 2.75) is 31.2 Å². The lowest BCUT2D eigenvalue weighted by Gasteiger charge is -2.31. The second kappa shape index (κ2) is 6.70. The third-order valence-electron chi connectivity index (χ3n) is 3.30. The lowest BCUT2D eigenvalue weighted by Crippen LogP contribution is -2.51. The van der Waals surface area contributed by atoms with Crippen LogP contribution in [0.3, 0.4) is 0 Å². The summed E-state index contributed by atoms with van der Waals surface area (Å²) in [6.07, 6.45) is 0.922. The Morgan fingerprint density at radius 2 is 1.95 bits per heavy atom. The maximum atomic E-state index is 12.4. The van der Waals surface area contributed by atoms with Gasteiger partial charge in [-0.15, -0.1) is 12.4 Å². The molecule has 1 aromatic rings. The number of halogens is 1. The first kappa shape index (κ1) is 16.4. The van der Waals surface area contributed by atoms with Crippen molar-refractivity contribution in [1.29, 1.82) is 0 Å². The third kappa shape index (κ3) is 3.69. The van der Waals surface area contributed by atoms with Crippen molar-refractivity contribution in [3.63, 3.8) is 0 Å². The van der Waals surface area contributed by atoms with E-state index in [0.717, 1.165) is 12.0 Å². The fourth-order valence-electron chi connectivity index (χ4n) is 2.16.